The maximum atomic E-state index is 12.3. The predicted molar refractivity (Wildman–Crippen MR) is 93.2 cm³/mol. The van der Waals surface area contributed by atoms with Gasteiger partial charge >= 0.3 is 0 Å². The van der Waals surface area contributed by atoms with Crippen LogP contribution in [0.1, 0.15) is 47.3 Å². The van der Waals surface area contributed by atoms with Gasteiger partial charge < -0.3 is 14.8 Å². The van der Waals surface area contributed by atoms with Crippen LogP contribution in [0, 0.1) is 5.92 Å². The van der Waals surface area contributed by atoms with Crippen molar-refractivity contribution < 1.29 is 14.3 Å². The zero-order valence-corrected chi connectivity index (χ0v) is 14.4. The van der Waals surface area contributed by atoms with Crippen LogP contribution < -0.4 is 14.8 Å². The molecule has 0 fully saturated rings. The molecule has 2 aliphatic heterocycles. The predicted octanol–water partition coefficient (Wildman–Crippen LogP) is 4.08. The number of thiophene rings is 1. The first-order valence-corrected chi connectivity index (χ1v) is 9.34. The van der Waals surface area contributed by atoms with Crippen molar-refractivity contribution in [1.82, 2.24) is 0 Å². The first kappa shape index (κ1) is 14.3. The zero-order valence-electron chi connectivity index (χ0n) is 13.6. The highest BCUT2D eigenvalue weighted by atomic mass is 32.1. The van der Waals surface area contributed by atoms with Gasteiger partial charge in [-0.15, -0.1) is 11.3 Å². The van der Waals surface area contributed by atoms with Gasteiger partial charge in [0.1, 0.15) is 0 Å². The maximum absolute atomic E-state index is 12.3. The second-order valence-electron chi connectivity index (χ2n) is 7.01. The second-order valence-corrected chi connectivity index (χ2v) is 8.12. The Morgan fingerprint density at radius 1 is 1.21 bits per heavy atom. The average Bonchev–Trinajstić information content (AvgIpc) is 3.16. The highest BCUT2D eigenvalue weighted by Crippen LogP contribution is 2.49. The Labute approximate surface area is 144 Å². The lowest BCUT2D eigenvalue weighted by Crippen LogP contribution is -2.23. The van der Waals surface area contributed by atoms with Crippen molar-refractivity contribution in [2.75, 3.05) is 12.1 Å². The van der Waals surface area contributed by atoms with E-state index in [1.807, 2.05) is 12.1 Å². The Bertz CT molecular complexity index is 841. The molecule has 0 spiro atoms. The van der Waals surface area contributed by atoms with E-state index in [1.54, 1.807) is 11.3 Å². The first-order valence-electron chi connectivity index (χ1n) is 8.53. The molecule has 3 heterocycles. The van der Waals surface area contributed by atoms with Gasteiger partial charge in [0.2, 0.25) is 12.7 Å². The minimum atomic E-state index is 0.108. The normalized spacial score (nSPS) is 24.3. The van der Waals surface area contributed by atoms with Crippen LogP contribution in [0.2, 0.25) is 0 Å². The molecule has 24 heavy (non-hydrogen) atoms. The van der Waals surface area contributed by atoms with Crippen molar-refractivity contribution in [1.29, 1.82) is 0 Å². The van der Waals surface area contributed by atoms with Gasteiger partial charge in [0.05, 0.1) is 5.00 Å². The summed E-state index contributed by atoms with van der Waals surface area (Å²) in [4.78, 5) is 13.7. The van der Waals surface area contributed by atoms with Crippen LogP contribution in [0.3, 0.4) is 0 Å². The van der Waals surface area contributed by atoms with E-state index in [-0.39, 0.29) is 18.6 Å². The lowest BCUT2D eigenvalue weighted by Gasteiger charge is -2.26. The number of fused-ring (bicyclic) bond motifs is 4. The number of hydrogen-bond acceptors (Lipinski definition) is 4. The minimum Gasteiger partial charge on any atom is -0.454 e. The Morgan fingerprint density at radius 2 is 2.08 bits per heavy atom. The summed E-state index contributed by atoms with van der Waals surface area (Å²) in [6.07, 6.45) is 4.00. The van der Waals surface area contributed by atoms with Crippen LogP contribution in [0.15, 0.2) is 18.2 Å². The highest BCUT2D eigenvalue weighted by Gasteiger charge is 2.34. The third-order valence-corrected chi connectivity index (χ3v) is 6.53. The van der Waals surface area contributed by atoms with Gasteiger partial charge in [0.15, 0.2) is 11.5 Å². The molecule has 1 N–H and O–H groups in total. The fraction of sp³-hybridized carbons (Fsp3) is 0.421. The number of ether oxygens (including phenoxy) is 2. The van der Waals surface area contributed by atoms with Crippen molar-refractivity contribution in [2.24, 2.45) is 5.92 Å². The molecule has 2 aromatic rings. The van der Waals surface area contributed by atoms with Crippen molar-refractivity contribution in [2.45, 2.75) is 38.5 Å². The lowest BCUT2D eigenvalue weighted by molar-refractivity contribution is -0.116. The lowest BCUT2D eigenvalue weighted by atomic mass is 9.80. The van der Waals surface area contributed by atoms with Crippen LogP contribution in [-0.4, -0.2) is 12.7 Å². The Kier molecular flexibility index (Phi) is 3.13. The van der Waals surface area contributed by atoms with Gasteiger partial charge in [-0.3, -0.25) is 4.79 Å². The summed E-state index contributed by atoms with van der Waals surface area (Å²) in [6, 6.07) is 6.09. The highest BCUT2D eigenvalue weighted by molar-refractivity contribution is 7.16. The fourth-order valence-corrected chi connectivity index (χ4v) is 5.61. The molecule has 5 heteroatoms. The van der Waals surface area contributed by atoms with Gasteiger partial charge in [0, 0.05) is 17.2 Å². The number of nitrogens with one attached hydrogen (secondary N) is 1. The molecular formula is C19H19NO3S. The zero-order chi connectivity index (χ0) is 16.3. The van der Waals surface area contributed by atoms with Gasteiger partial charge in [0.25, 0.3) is 0 Å². The second kappa shape index (κ2) is 5.24. The Hall–Kier alpha value is -2.01. The monoisotopic (exact) mass is 341 g/mol. The van der Waals surface area contributed by atoms with Gasteiger partial charge in [-0.05, 0) is 54.0 Å². The van der Waals surface area contributed by atoms with E-state index in [4.69, 9.17) is 9.47 Å². The van der Waals surface area contributed by atoms with Gasteiger partial charge in [-0.25, -0.2) is 0 Å². The molecule has 124 valence electrons. The van der Waals surface area contributed by atoms with Crippen molar-refractivity contribution in [3.8, 4) is 11.5 Å². The van der Waals surface area contributed by atoms with E-state index in [0.717, 1.165) is 40.8 Å². The van der Waals surface area contributed by atoms with Crippen LogP contribution in [0.4, 0.5) is 5.00 Å². The molecule has 1 aromatic heterocycles. The molecule has 0 saturated heterocycles. The van der Waals surface area contributed by atoms with Crippen LogP contribution in [0.25, 0.3) is 0 Å². The van der Waals surface area contributed by atoms with E-state index < -0.39 is 0 Å². The number of hydrogen-bond donors (Lipinski definition) is 1. The van der Waals surface area contributed by atoms with E-state index in [0.29, 0.717) is 6.42 Å². The molecule has 1 aliphatic carbocycles. The molecule has 5 rings (SSSR count). The van der Waals surface area contributed by atoms with Crippen molar-refractivity contribution >= 4 is 22.2 Å². The SMILES string of the molecule is C[C@@H]1CCc2c(sc3c2[C@@H](c2ccc4c(c2)OCO4)CC(=O)N3)C1. The largest absolute Gasteiger partial charge is 0.454 e. The van der Waals surface area contributed by atoms with Crippen molar-refractivity contribution in [3.63, 3.8) is 0 Å². The van der Waals surface area contributed by atoms with E-state index >= 15 is 0 Å². The summed E-state index contributed by atoms with van der Waals surface area (Å²) in [7, 11) is 0. The summed E-state index contributed by atoms with van der Waals surface area (Å²) < 4.78 is 11.0. The standard InChI is InChI=1S/C19H19NO3S/c1-10-2-4-12-16(6-10)24-19-18(12)13(8-17(21)20-19)11-3-5-14-15(7-11)23-9-22-14/h3,5,7,10,13H,2,4,6,8-9H2,1H3,(H,20,21)/t10-,13-/m1/s1. The number of anilines is 1. The summed E-state index contributed by atoms with van der Waals surface area (Å²) in [5.41, 5.74) is 3.98. The van der Waals surface area contributed by atoms with E-state index in [2.05, 4.69) is 18.3 Å². The molecular weight excluding hydrogens is 322 g/mol. The van der Waals surface area contributed by atoms with E-state index in [1.165, 1.54) is 22.4 Å². The van der Waals surface area contributed by atoms with Gasteiger partial charge in [-0.2, -0.15) is 0 Å². The number of carbonyl (C=O) groups excluding carboxylic acids is 1. The topological polar surface area (TPSA) is 47.6 Å². The molecule has 0 unspecified atom stereocenters. The molecule has 2 atom stereocenters. The molecule has 1 amide bonds. The third-order valence-electron chi connectivity index (χ3n) is 5.34. The number of benzene rings is 1. The van der Waals surface area contributed by atoms with Crippen LogP contribution in [0.5, 0.6) is 11.5 Å². The summed E-state index contributed by atoms with van der Waals surface area (Å²) in [6.45, 7) is 2.59. The number of rotatable bonds is 1. The average molecular weight is 341 g/mol. The molecule has 4 nitrogen and oxygen atoms in total. The van der Waals surface area contributed by atoms with E-state index in [9.17, 15) is 4.79 Å². The smallest absolute Gasteiger partial charge is 0.231 e. The fourth-order valence-electron chi connectivity index (χ4n) is 4.12. The van der Waals surface area contributed by atoms with Crippen LogP contribution >= 0.6 is 11.3 Å². The maximum Gasteiger partial charge on any atom is 0.231 e. The molecule has 0 radical (unpaired) electrons. The Morgan fingerprint density at radius 3 is 3.00 bits per heavy atom. The van der Waals surface area contributed by atoms with Crippen molar-refractivity contribution in [3.05, 3.63) is 39.8 Å². The molecule has 0 saturated carbocycles. The molecule has 3 aliphatic rings. The van der Waals surface area contributed by atoms with Gasteiger partial charge in [-0.1, -0.05) is 13.0 Å². The molecule has 1 aromatic carbocycles. The molecule has 0 bridgehead atoms. The minimum absolute atomic E-state index is 0.108. The number of amides is 1. The first-order chi connectivity index (χ1) is 11.7. The summed E-state index contributed by atoms with van der Waals surface area (Å²) in [5, 5.41) is 4.17. The Balaban J connectivity index is 1.62. The summed E-state index contributed by atoms with van der Waals surface area (Å²) in [5.74, 6) is 2.55. The summed E-state index contributed by atoms with van der Waals surface area (Å²) >= 11 is 1.78. The van der Waals surface area contributed by atoms with Crippen LogP contribution in [-0.2, 0) is 17.6 Å². The quantitative estimate of drug-likeness (QED) is 0.850. The number of carbonyl (C=O) groups is 1. The third kappa shape index (κ3) is 2.14.